The summed E-state index contributed by atoms with van der Waals surface area (Å²) >= 11 is 3.45. The predicted molar refractivity (Wildman–Crippen MR) is 72.1 cm³/mol. The Kier molecular flexibility index (Phi) is 3.92. The van der Waals surface area contributed by atoms with Crippen LogP contribution in [0.1, 0.15) is 37.2 Å². The van der Waals surface area contributed by atoms with Gasteiger partial charge in [-0.2, -0.15) is 0 Å². The summed E-state index contributed by atoms with van der Waals surface area (Å²) < 4.78 is 3.04. The molecule has 1 saturated heterocycles. The van der Waals surface area contributed by atoms with E-state index in [1.54, 1.807) is 0 Å². The quantitative estimate of drug-likeness (QED) is 0.841. The second kappa shape index (κ2) is 5.25. The van der Waals surface area contributed by atoms with E-state index in [9.17, 15) is 4.79 Å². The van der Waals surface area contributed by atoms with Gasteiger partial charge in [-0.25, -0.2) is 0 Å². The maximum atomic E-state index is 12.4. The van der Waals surface area contributed by atoms with E-state index in [4.69, 9.17) is 0 Å². The van der Waals surface area contributed by atoms with Crippen LogP contribution < -0.4 is 0 Å². The Hall–Kier alpha value is -0.770. The van der Waals surface area contributed by atoms with Crippen LogP contribution in [0.2, 0.25) is 0 Å². The Balaban J connectivity index is 2.18. The van der Waals surface area contributed by atoms with E-state index in [0.717, 1.165) is 42.6 Å². The van der Waals surface area contributed by atoms with Crippen LogP contribution in [-0.2, 0) is 6.54 Å². The van der Waals surface area contributed by atoms with Gasteiger partial charge in [-0.3, -0.25) is 4.79 Å². The van der Waals surface area contributed by atoms with Crippen molar-refractivity contribution in [2.24, 2.45) is 5.92 Å². The van der Waals surface area contributed by atoms with Crippen molar-refractivity contribution >= 4 is 21.8 Å². The summed E-state index contributed by atoms with van der Waals surface area (Å²) in [5, 5.41) is 0. The molecule has 0 N–H and O–H groups in total. The molecule has 1 amide bonds. The molecule has 1 aromatic rings. The van der Waals surface area contributed by atoms with Gasteiger partial charge in [0, 0.05) is 30.3 Å². The zero-order valence-corrected chi connectivity index (χ0v) is 12.0. The highest BCUT2D eigenvalue weighted by Crippen LogP contribution is 2.21. The average molecular weight is 299 g/mol. The van der Waals surface area contributed by atoms with Crippen LogP contribution in [0.3, 0.4) is 0 Å². The van der Waals surface area contributed by atoms with Crippen molar-refractivity contribution in [3.8, 4) is 0 Å². The fourth-order valence-corrected chi connectivity index (χ4v) is 2.83. The van der Waals surface area contributed by atoms with E-state index < -0.39 is 0 Å². The van der Waals surface area contributed by atoms with Crippen molar-refractivity contribution in [1.29, 1.82) is 0 Å². The number of carbonyl (C=O) groups excluding carboxylic acids is 1. The van der Waals surface area contributed by atoms with Crippen LogP contribution in [0.25, 0.3) is 0 Å². The van der Waals surface area contributed by atoms with E-state index in [1.165, 1.54) is 0 Å². The highest BCUT2D eigenvalue weighted by molar-refractivity contribution is 9.10. The summed E-state index contributed by atoms with van der Waals surface area (Å²) in [6.45, 7) is 7.02. The monoisotopic (exact) mass is 298 g/mol. The van der Waals surface area contributed by atoms with Crippen LogP contribution in [0.15, 0.2) is 16.7 Å². The normalized spacial score (nSPS) is 19.9. The molecule has 1 aliphatic heterocycles. The lowest BCUT2D eigenvalue weighted by atomic mass is 10.2. The molecule has 0 aliphatic carbocycles. The molecule has 0 spiro atoms. The number of hydrogen-bond donors (Lipinski definition) is 0. The molecule has 4 heteroatoms. The van der Waals surface area contributed by atoms with Gasteiger partial charge in [0.05, 0.1) is 0 Å². The lowest BCUT2D eigenvalue weighted by Crippen LogP contribution is -2.30. The van der Waals surface area contributed by atoms with Crippen LogP contribution >= 0.6 is 15.9 Å². The molecule has 1 aliphatic rings. The van der Waals surface area contributed by atoms with Crippen molar-refractivity contribution < 1.29 is 4.79 Å². The number of likely N-dealkylation sites (tertiary alicyclic amines) is 1. The Bertz CT molecular complexity index is 414. The van der Waals surface area contributed by atoms with Crippen molar-refractivity contribution in [3.05, 3.63) is 22.4 Å². The van der Waals surface area contributed by atoms with Gasteiger partial charge in [0.15, 0.2) is 0 Å². The summed E-state index contributed by atoms with van der Waals surface area (Å²) in [7, 11) is 0. The molecule has 1 atom stereocenters. The average Bonchev–Trinajstić information content (AvgIpc) is 2.85. The molecule has 0 bridgehead atoms. The largest absolute Gasteiger partial charge is 0.342 e. The van der Waals surface area contributed by atoms with Crippen LogP contribution in [-0.4, -0.2) is 28.5 Å². The lowest BCUT2D eigenvalue weighted by Gasteiger charge is -2.17. The van der Waals surface area contributed by atoms with E-state index in [2.05, 4.69) is 34.3 Å². The van der Waals surface area contributed by atoms with E-state index >= 15 is 0 Å². The molecule has 3 nitrogen and oxygen atoms in total. The summed E-state index contributed by atoms with van der Waals surface area (Å²) in [6.07, 6.45) is 4.16. The van der Waals surface area contributed by atoms with Gasteiger partial charge >= 0.3 is 0 Å². The molecule has 2 heterocycles. The fraction of sp³-hybridized carbons (Fsp3) is 0.615. The number of aromatic nitrogens is 1. The van der Waals surface area contributed by atoms with Gasteiger partial charge in [0.25, 0.3) is 5.91 Å². The molecule has 1 unspecified atom stereocenters. The minimum atomic E-state index is 0.175. The maximum Gasteiger partial charge on any atom is 0.270 e. The second-order valence-electron chi connectivity index (χ2n) is 4.88. The molecule has 94 valence electrons. The van der Waals surface area contributed by atoms with Crippen LogP contribution in [0.5, 0.6) is 0 Å². The predicted octanol–water partition coefficient (Wildman–Crippen LogP) is 3.14. The van der Waals surface area contributed by atoms with E-state index in [-0.39, 0.29) is 5.91 Å². The number of nitrogens with zero attached hydrogens (tertiary/aromatic N) is 2. The minimum absolute atomic E-state index is 0.175. The fourth-order valence-electron chi connectivity index (χ4n) is 2.36. The summed E-state index contributed by atoms with van der Waals surface area (Å²) in [5.41, 5.74) is 0.813. The molecule has 1 aromatic heterocycles. The van der Waals surface area contributed by atoms with Gasteiger partial charge < -0.3 is 9.47 Å². The first-order valence-electron chi connectivity index (χ1n) is 6.26. The third kappa shape index (κ3) is 2.73. The summed E-state index contributed by atoms with van der Waals surface area (Å²) in [4.78, 5) is 14.4. The second-order valence-corrected chi connectivity index (χ2v) is 5.80. The van der Waals surface area contributed by atoms with E-state index in [1.807, 2.05) is 17.2 Å². The van der Waals surface area contributed by atoms with Gasteiger partial charge in [-0.1, -0.05) is 13.8 Å². The Labute approximate surface area is 111 Å². The number of hydrogen-bond acceptors (Lipinski definition) is 1. The Morgan fingerprint density at radius 1 is 1.59 bits per heavy atom. The summed E-state index contributed by atoms with van der Waals surface area (Å²) in [6, 6.07) is 1.93. The van der Waals surface area contributed by atoms with Gasteiger partial charge in [-0.15, -0.1) is 0 Å². The molecular weight excluding hydrogens is 280 g/mol. The zero-order chi connectivity index (χ0) is 12.4. The Morgan fingerprint density at radius 2 is 2.35 bits per heavy atom. The highest BCUT2D eigenvalue weighted by Gasteiger charge is 2.26. The molecular formula is C13H19BrN2O. The Morgan fingerprint density at radius 3 is 2.94 bits per heavy atom. The van der Waals surface area contributed by atoms with Crippen molar-refractivity contribution in [3.63, 3.8) is 0 Å². The molecule has 2 rings (SSSR count). The smallest absolute Gasteiger partial charge is 0.270 e. The number of carbonyl (C=O) groups is 1. The number of halogens is 1. The SMILES string of the molecule is CCCn1cc(Br)cc1C(=O)N1CCC(C)C1. The zero-order valence-electron chi connectivity index (χ0n) is 10.4. The lowest BCUT2D eigenvalue weighted by molar-refractivity contribution is 0.0777. The first-order chi connectivity index (χ1) is 8.11. The topological polar surface area (TPSA) is 25.2 Å². The number of aryl methyl sites for hydroxylation is 1. The number of amides is 1. The highest BCUT2D eigenvalue weighted by atomic mass is 79.9. The van der Waals surface area contributed by atoms with Gasteiger partial charge in [0.2, 0.25) is 0 Å². The molecule has 0 radical (unpaired) electrons. The van der Waals surface area contributed by atoms with Crippen molar-refractivity contribution in [2.75, 3.05) is 13.1 Å². The standard InChI is InChI=1S/C13H19BrN2O/c1-3-5-15-9-11(14)7-12(15)13(17)16-6-4-10(2)8-16/h7,9-10H,3-6,8H2,1-2H3. The molecule has 1 fully saturated rings. The summed E-state index contributed by atoms with van der Waals surface area (Å²) in [5.74, 6) is 0.811. The first kappa shape index (κ1) is 12.7. The van der Waals surface area contributed by atoms with Crippen LogP contribution in [0, 0.1) is 5.92 Å². The van der Waals surface area contributed by atoms with E-state index in [0.29, 0.717) is 5.92 Å². The maximum absolute atomic E-state index is 12.4. The first-order valence-corrected chi connectivity index (χ1v) is 7.06. The van der Waals surface area contributed by atoms with Crippen molar-refractivity contribution in [2.45, 2.75) is 33.2 Å². The van der Waals surface area contributed by atoms with Gasteiger partial charge in [0.1, 0.15) is 5.69 Å². The third-order valence-electron chi connectivity index (χ3n) is 3.26. The van der Waals surface area contributed by atoms with Gasteiger partial charge in [-0.05, 0) is 40.8 Å². The minimum Gasteiger partial charge on any atom is -0.342 e. The van der Waals surface area contributed by atoms with Crippen molar-refractivity contribution in [1.82, 2.24) is 9.47 Å². The molecule has 0 saturated carbocycles. The number of rotatable bonds is 3. The molecule has 17 heavy (non-hydrogen) atoms. The molecule has 0 aromatic carbocycles. The van der Waals surface area contributed by atoms with Crippen LogP contribution in [0.4, 0.5) is 0 Å². The third-order valence-corrected chi connectivity index (χ3v) is 3.69.